The Bertz CT molecular complexity index is 959. The second-order valence-electron chi connectivity index (χ2n) is 8.23. The van der Waals surface area contributed by atoms with Gasteiger partial charge in [0.25, 0.3) is 0 Å². The molecule has 2 aromatic rings. The second-order valence-corrected chi connectivity index (χ2v) is 10.3. The maximum Gasteiger partial charge on any atom is 0.179 e. The highest BCUT2D eigenvalue weighted by atomic mass is 32.2. The molecule has 3 nitrogen and oxygen atoms in total. The zero-order chi connectivity index (χ0) is 21.6. The minimum atomic E-state index is -3.36. The molecule has 0 spiro atoms. The van der Waals surface area contributed by atoms with Gasteiger partial charge in [-0.25, -0.2) is 8.42 Å². The third-order valence-corrected chi connectivity index (χ3v) is 6.98. The predicted molar refractivity (Wildman–Crippen MR) is 125 cm³/mol. The monoisotopic (exact) mass is 413 g/mol. The average molecular weight is 414 g/mol. The number of hydrogen-bond acceptors (Lipinski definition) is 3. The first kappa shape index (κ1) is 23.4. The van der Waals surface area contributed by atoms with Gasteiger partial charge in [-0.15, -0.1) is 0 Å². The van der Waals surface area contributed by atoms with Gasteiger partial charge in [0.1, 0.15) is 0 Å². The summed E-state index contributed by atoms with van der Waals surface area (Å²) in [7, 11) is 0.445. The van der Waals surface area contributed by atoms with Gasteiger partial charge in [0.2, 0.25) is 0 Å². The van der Waals surface area contributed by atoms with Crippen LogP contribution in [0.2, 0.25) is 0 Å². The van der Waals surface area contributed by atoms with E-state index in [0.29, 0.717) is 11.4 Å². The number of hydrogen-bond donors (Lipinski definition) is 0. The molecule has 0 N–H and O–H groups in total. The van der Waals surface area contributed by atoms with Crippen LogP contribution in [0.1, 0.15) is 49.8 Å². The molecule has 0 aromatic heterocycles. The van der Waals surface area contributed by atoms with Crippen molar-refractivity contribution < 1.29 is 8.42 Å². The highest BCUT2D eigenvalue weighted by Gasteiger charge is 2.20. The summed E-state index contributed by atoms with van der Waals surface area (Å²) in [5.41, 5.74) is 6.10. The van der Waals surface area contributed by atoms with E-state index in [1.54, 1.807) is 0 Å². The van der Waals surface area contributed by atoms with E-state index in [-0.39, 0.29) is 5.75 Å². The highest BCUT2D eigenvalue weighted by Crippen LogP contribution is 2.32. The summed E-state index contributed by atoms with van der Waals surface area (Å²) in [6.45, 7) is 10.8. The van der Waals surface area contributed by atoms with Gasteiger partial charge in [0.05, 0.1) is 10.6 Å². The topological polar surface area (TPSA) is 37.4 Å². The minimum Gasteiger partial charge on any atom is -0.308 e. The minimum absolute atomic E-state index is 0.130. The molecule has 0 saturated heterocycles. The lowest BCUT2D eigenvalue weighted by Crippen LogP contribution is -2.22. The van der Waals surface area contributed by atoms with Crippen LogP contribution >= 0.6 is 0 Å². The van der Waals surface area contributed by atoms with Crippen molar-refractivity contribution in [2.75, 3.05) is 26.4 Å². The maximum atomic E-state index is 13.2. The zero-order valence-electron chi connectivity index (χ0n) is 18.6. The molecule has 158 valence electrons. The highest BCUT2D eigenvalue weighted by molar-refractivity contribution is 7.91. The molecule has 4 heteroatoms. The second kappa shape index (κ2) is 10.2. The van der Waals surface area contributed by atoms with E-state index in [0.717, 1.165) is 59.1 Å². The number of aryl methyl sites for hydroxylation is 2. The third-order valence-electron chi connectivity index (χ3n) is 5.20. The van der Waals surface area contributed by atoms with Crippen molar-refractivity contribution in [3.63, 3.8) is 0 Å². The number of allylic oxidation sites excluding steroid dienone is 1. The van der Waals surface area contributed by atoms with E-state index in [1.165, 1.54) is 0 Å². The fourth-order valence-electron chi connectivity index (χ4n) is 3.47. The molecule has 29 heavy (non-hydrogen) atoms. The van der Waals surface area contributed by atoms with Crippen molar-refractivity contribution in [1.82, 2.24) is 4.90 Å². The number of benzene rings is 2. The maximum absolute atomic E-state index is 13.2. The van der Waals surface area contributed by atoms with Crippen LogP contribution in [0.25, 0.3) is 16.7 Å². The van der Waals surface area contributed by atoms with Gasteiger partial charge in [-0.05, 0) is 69.1 Å². The van der Waals surface area contributed by atoms with E-state index < -0.39 is 9.84 Å². The Balaban J connectivity index is 2.58. The Morgan fingerprint density at radius 3 is 2.41 bits per heavy atom. The Labute approximate surface area is 177 Å². The van der Waals surface area contributed by atoms with Crippen LogP contribution in [0.4, 0.5) is 0 Å². The van der Waals surface area contributed by atoms with Crippen LogP contribution in [-0.2, 0) is 16.3 Å². The lowest BCUT2D eigenvalue weighted by atomic mass is 9.93. The number of rotatable bonds is 10. The van der Waals surface area contributed by atoms with Crippen LogP contribution < -0.4 is 0 Å². The van der Waals surface area contributed by atoms with Crippen molar-refractivity contribution in [1.29, 1.82) is 0 Å². The number of sulfone groups is 1. The summed E-state index contributed by atoms with van der Waals surface area (Å²) in [5.74, 6) is 0.130. The molecule has 0 amide bonds. The summed E-state index contributed by atoms with van der Waals surface area (Å²) in [6.07, 6.45) is 4.03. The Morgan fingerprint density at radius 2 is 1.79 bits per heavy atom. The molecule has 0 heterocycles. The number of nitrogens with zero attached hydrogens (tertiary/aromatic N) is 1. The van der Waals surface area contributed by atoms with Crippen LogP contribution in [0, 0.1) is 6.92 Å². The first-order valence-electron chi connectivity index (χ1n) is 10.4. The van der Waals surface area contributed by atoms with Crippen molar-refractivity contribution in [3.05, 3.63) is 59.7 Å². The van der Waals surface area contributed by atoms with Crippen molar-refractivity contribution in [2.45, 2.75) is 51.3 Å². The summed E-state index contributed by atoms with van der Waals surface area (Å²) in [5, 5.41) is 0. The molecular formula is C25H35NO2S. The fourth-order valence-corrected chi connectivity index (χ4v) is 5.17. The van der Waals surface area contributed by atoms with Crippen LogP contribution in [0.5, 0.6) is 0 Å². The van der Waals surface area contributed by atoms with Gasteiger partial charge in [-0.2, -0.15) is 0 Å². The van der Waals surface area contributed by atoms with Gasteiger partial charge >= 0.3 is 0 Å². The average Bonchev–Trinajstić information content (AvgIpc) is 2.66. The smallest absolute Gasteiger partial charge is 0.179 e. The standard InChI is InChI=1S/C25H35NO2S/c1-7-8-9-10-21-12-13-22(18-25(21)29(27,28)16-15-26(5)6)24-17-20(4)11-14-23(24)19(2)3/h11-14,17-18H,2,7-10,15-16H2,1,3-6H3. The van der Waals surface area contributed by atoms with Gasteiger partial charge in [0.15, 0.2) is 9.84 Å². The lowest BCUT2D eigenvalue weighted by Gasteiger charge is -2.17. The third kappa shape index (κ3) is 6.28. The normalized spacial score (nSPS) is 11.8. The molecular weight excluding hydrogens is 378 g/mol. The molecule has 0 unspecified atom stereocenters. The summed E-state index contributed by atoms with van der Waals surface area (Å²) in [6, 6.07) is 12.2. The van der Waals surface area contributed by atoms with Gasteiger partial charge < -0.3 is 4.90 Å². The predicted octanol–water partition coefficient (Wildman–Crippen LogP) is 5.76. The summed E-state index contributed by atoms with van der Waals surface area (Å²) in [4.78, 5) is 2.40. The van der Waals surface area contributed by atoms with E-state index in [2.05, 4.69) is 44.7 Å². The van der Waals surface area contributed by atoms with Crippen molar-refractivity contribution >= 4 is 15.4 Å². The Morgan fingerprint density at radius 1 is 1.07 bits per heavy atom. The largest absolute Gasteiger partial charge is 0.308 e. The van der Waals surface area contributed by atoms with Crippen LogP contribution in [0.3, 0.4) is 0 Å². The first-order chi connectivity index (χ1) is 13.7. The molecule has 0 bridgehead atoms. The van der Waals surface area contributed by atoms with Crippen LogP contribution in [-0.4, -0.2) is 39.7 Å². The molecule has 0 atom stereocenters. The Kier molecular flexibility index (Phi) is 8.23. The van der Waals surface area contributed by atoms with Crippen LogP contribution in [0.15, 0.2) is 47.9 Å². The number of unbranched alkanes of at least 4 members (excludes halogenated alkanes) is 2. The summed E-state index contributed by atoms with van der Waals surface area (Å²) < 4.78 is 26.4. The van der Waals surface area contributed by atoms with E-state index in [9.17, 15) is 8.42 Å². The van der Waals surface area contributed by atoms with Gasteiger partial charge in [0, 0.05) is 6.54 Å². The molecule has 2 aromatic carbocycles. The SMILES string of the molecule is C=C(C)c1ccc(C)cc1-c1ccc(CCCCC)c(S(=O)(=O)CCN(C)C)c1. The van der Waals surface area contributed by atoms with Gasteiger partial charge in [-0.1, -0.05) is 67.8 Å². The first-order valence-corrected chi connectivity index (χ1v) is 12.1. The molecule has 0 fully saturated rings. The lowest BCUT2D eigenvalue weighted by molar-refractivity contribution is 0.432. The van der Waals surface area contributed by atoms with E-state index >= 15 is 0 Å². The zero-order valence-corrected chi connectivity index (χ0v) is 19.4. The molecule has 0 saturated carbocycles. The fraction of sp³-hybridized carbons (Fsp3) is 0.440. The molecule has 0 aliphatic carbocycles. The van der Waals surface area contributed by atoms with Gasteiger partial charge in [-0.3, -0.25) is 0 Å². The molecule has 0 radical (unpaired) electrons. The van der Waals surface area contributed by atoms with E-state index in [4.69, 9.17) is 0 Å². The van der Waals surface area contributed by atoms with E-state index in [1.807, 2.05) is 38.1 Å². The summed E-state index contributed by atoms with van der Waals surface area (Å²) >= 11 is 0. The quantitative estimate of drug-likeness (QED) is 0.465. The molecule has 0 aliphatic heterocycles. The molecule has 2 rings (SSSR count). The Hall–Kier alpha value is -1.91. The molecule has 0 aliphatic rings. The van der Waals surface area contributed by atoms with Crippen molar-refractivity contribution in [2.24, 2.45) is 0 Å². The van der Waals surface area contributed by atoms with Crippen molar-refractivity contribution in [3.8, 4) is 11.1 Å².